The summed E-state index contributed by atoms with van der Waals surface area (Å²) in [5.74, 6) is 2.06. The number of thioether (sulfide) groups is 1. The van der Waals surface area contributed by atoms with E-state index in [1.165, 1.54) is 13.3 Å². The van der Waals surface area contributed by atoms with Crippen LogP contribution in [0.3, 0.4) is 0 Å². The molecule has 8 heteroatoms. The molecule has 0 aliphatic rings. The van der Waals surface area contributed by atoms with Gasteiger partial charge in [0.05, 0.1) is 46.1 Å². The van der Waals surface area contributed by atoms with Crippen LogP contribution in [0.15, 0.2) is 35.4 Å². The maximum Gasteiger partial charge on any atom is 0.158 e. The molecule has 0 saturated carbocycles. The highest BCUT2D eigenvalue weighted by molar-refractivity contribution is 7.99. The molecule has 1 heterocycles. The normalized spacial score (nSPS) is 10.6. The number of halogens is 2. The van der Waals surface area contributed by atoms with Crippen molar-refractivity contribution in [3.63, 3.8) is 0 Å². The van der Waals surface area contributed by atoms with Gasteiger partial charge in [0, 0.05) is 17.6 Å². The standard InChI is InChI=1S/C20H17Cl2N3O2S/c1-4-28-17-6-5-12-18(11(9-23)10-24-19(12)20(17)27-3)25-15-8-16(26-2)14(22)7-13(15)21/h5-8,10H,4H2,1-3H3,(H,24,25). The summed E-state index contributed by atoms with van der Waals surface area (Å²) >= 11 is 14.1. The van der Waals surface area contributed by atoms with Crippen molar-refractivity contribution < 1.29 is 9.47 Å². The van der Waals surface area contributed by atoms with Crippen LogP contribution in [-0.4, -0.2) is 25.0 Å². The third-order valence-corrected chi connectivity index (χ3v) is 5.61. The number of aromatic nitrogens is 1. The number of methoxy groups -OCH3 is 2. The summed E-state index contributed by atoms with van der Waals surface area (Å²) in [6.45, 7) is 2.07. The number of hydrogen-bond acceptors (Lipinski definition) is 6. The number of hydrogen-bond donors (Lipinski definition) is 1. The lowest BCUT2D eigenvalue weighted by Gasteiger charge is -2.16. The molecule has 0 bridgehead atoms. The zero-order valence-electron chi connectivity index (χ0n) is 15.5. The number of pyridine rings is 1. The lowest BCUT2D eigenvalue weighted by atomic mass is 10.1. The van der Waals surface area contributed by atoms with E-state index in [4.69, 9.17) is 32.7 Å². The number of nitriles is 1. The van der Waals surface area contributed by atoms with Gasteiger partial charge in [-0.25, -0.2) is 0 Å². The molecule has 3 rings (SSSR count). The average molecular weight is 434 g/mol. The molecule has 0 fully saturated rings. The van der Waals surface area contributed by atoms with Gasteiger partial charge in [0.1, 0.15) is 17.3 Å². The highest BCUT2D eigenvalue weighted by Crippen LogP contribution is 2.41. The van der Waals surface area contributed by atoms with Gasteiger partial charge in [0.15, 0.2) is 5.75 Å². The second kappa shape index (κ2) is 8.78. The smallest absolute Gasteiger partial charge is 0.158 e. The lowest BCUT2D eigenvalue weighted by molar-refractivity contribution is 0.409. The van der Waals surface area contributed by atoms with Crippen LogP contribution in [0.2, 0.25) is 10.0 Å². The van der Waals surface area contributed by atoms with Gasteiger partial charge in [-0.3, -0.25) is 4.98 Å². The first-order valence-electron chi connectivity index (χ1n) is 8.36. The summed E-state index contributed by atoms with van der Waals surface area (Å²) in [5, 5.41) is 14.4. The number of nitrogens with one attached hydrogen (secondary N) is 1. The van der Waals surface area contributed by atoms with Crippen molar-refractivity contribution >= 4 is 57.2 Å². The second-order valence-electron chi connectivity index (χ2n) is 5.68. The van der Waals surface area contributed by atoms with Crippen molar-refractivity contribution in [3.8, 4) is 17.6 Å². The first-order valence-corrected chi connectivity index (χ1v) is 10.1. The Kier molecular flexibility index (Phi) is 6.40. The average Bonchev–Trinajstić information content (AvgIpc) is 2.70. The van der Waals surface area contributed by atoms with E-state index < -0.39 is 0 Å². The lowest BCUT2D eigenvalue weighted by Crippen LogP contribution is -2.00. The molecular formula is C20H17Cl2N3O2S. The topological polar surface area (TPSA) is 67.2 Å². The van der Waals surface area contributed by atoms with E-state index in [0.717, 1.165) is 16.0 Å². The Morgan fingerprint density at radius 3 is 2.61 bits per heavy atom. The molecule has 0 spiro atoms. The van der Waals surface area contributed by atoms with Gasteiger partial charge in [0.2, 0.25) is 0 Å². The molecule has 5 nitrogen and oxygen atoms in total. The van der Waals surface area contributed by atoms with Gasteiger partial charge in [-0.15, -0.1) is 11.8 Å². The molecule has 0 aliphatic heterocycles. The molecule has 28 heavy (non-hydrogen) atoms. The van der Waals surface area contributed by atoms with Gasteiger partial charge in [0.25, 0.3) is 0 Å². The molecule has 1 N–H and O–H groups in total. The van der Waals surface area contributed by atoms with Crippen LogP contribution in [0.25, 0.3) is 10.9 Å². The molecule has 144 valence electrons. The predicted octanol–water partition coefficient (Wildman–Crippen LogP) is 6.29. The molecule has 0 aliphatic carbocycles. The van der Waals surface area contributed by atoms with Crippen LogP contribution in [-0.2, 0) is 0 Å². The Morgan fingerprint density at radius 2 is 1.96 bits per heavy atom. The molecule has 0 unspecified atom stereocenters. The molecule has 0 amide bonds. The zero-order valence-corrected chi connectivity index (χ0v) is 17.8. The Labute approximate surface area is 177 Å². The van der Waals surface area contributed by atoms with Gasteiger partial charge in [-0.2, -0.15) is 5.26 Å². The Hall–Kier alpha value is -2.33. The van der Waals surface area contributed by atoms with Crippen molar-refractivity contribution in [1.29, 1.82) is 5.26 Å². The highest BCUT2D eigenvalue weighted by atomic mass is 35.5. The summed E-state index contributed by atoms with van der Waals surface area (Å²) in [6, 6.07) is 9.35. The van der Waals surface area contributed by atoms with Crippen molar-refractivity contribution in [3.05, 3.63) is 46.1 Å². The van der Waals surface area contributed by atoms with Crippen LogP contribution in [0.4, 0.5) is 11.4 Å². The largest absolute Gasteiger partial charge is 0.495 e. The molecule has 0 atom stereocenters. The predicted molar refractivity (Wildman–Crippen MR) is 116 cm³/mol. The highest BCUT2D eigenvalue weighted by Gasteiger charge is 2.17. The van der Waals surface area contributed by atoms with E-state index >= 15 is 0 Å². The van der Waals surface area contributed by atoms with Gasteiger partial charge >= 0.3 is 0 Å². The summed E-state index contributed by atoms with van der Waals surface area (Å²) in [7, 11) is 3.14. The quantitative estimate of drug-likeness (QED) is 0.460. The van der Waals surface area contributed by atoms with E-state index in [2.05, 4.69) is 23.3 Å². The minimum atomic E-state index is 0.385. The zero-order chi connectivity index (χ0) is 20.3. The Bertz CT molecular complexity index is 1080. The maximum absolute atomic E-state index is 9.59. The number of ether oxygens (including phenoxy) is 2. The SMILES string of the molecule is CCSc1ccc2c(Nc3cc(OC)c(Cl)cc3Cl)c(C#N)cnc2c1OC. The number of rotatable bonds is 6. The van der Waals surface area contributed by atoms with E-state index in [0.29, 0.717) is 44.0 Å². The first kappa shape index (κ1) is 20.4. The fourth-order valence-electron chi connectivity index (χ4n) is 2.82. The monoisotopic (exact) mass is 433 g/mol. The van der Waals surface area contributed by atoms with Crippen LogP contribution < -0.4 is 14.8 Å². The summed E-state index contributed by atoms with van der Waals surface area (Å²) < 4.78 is 10.9. The number of fused-ring (bicyclic) bond motifs is 1. The molecule has 0 radical (unpaired) electrons. The van der Waals surface area contributed by atoms with Crippen LogP contribution >= 0.6 is 35.0 Å². The van der Waals surface area contributed by atoms with E-state index in [1.807, 2.05) is 12.1 Å². The number of anilines is 2. The fraction of sp³-hybridized carbons (Fsp3) is 0.200. The Balaban J connectivity index is 2.21. The van der Waals surface area contributed by atoms with Crippen LogP contribution in [0, 0.1) is 11.3 Å². The molecule has 2 aromatic carbocycles. The van der Waals surface area contributed by atoms with E-state index in [1.54, 1.807) is 31.0 Å². The van der Waals surface area contributed by atoms with Gasteiger partial charge < -0.3 is 14.8 Å². The summed E-state index contributed by atoms with van der Waals surface area (Å²) in [5.41, 5.74) is 2.21. The molecule has 1 aromatic heterocycles. The Morgan fingerprint density at radius 1 is 1.18 bits per heavy atom. The molecular weight excluding hydrogens is 417 g/mol. The van der Waals surface area contributed by atoms with E-state index in [-0.39, 0.29) is 0 Å². The van der Waals surface area contributed by atoms with Crippen molar-refractivity contribution in [1.82, 2.24) is 4.98 Å². The fourth-order valence-corrected chi connectivity index (χ4v) is 4.12. The van der Waals surface area contributed by atoms with Gasteiger partial charge in [-0.05, 0) is 24.0 Å². The maximum atomic E-state index is 9.59. The summed E-state index contributed by atoms with van der Waals surface area (Å²) in [4.78, 5) is 5.45. The van der Waals surface area contributed by atoms with Crippen LogP contribution in [0.5, 0.6) is 11.5 Å². The van der Waals surface area contributed by atoms with Crippen molar-refractivity contribution in [2.75, 3.05) is 25.3 Å². The van der Waals surface area contributed by atoms with Crippen molar-refractivity contribution in [2.24, 2.45) is 0 Å². The third kappa shape index (κ3) is 3.79. The van der Waals surface area contributed by atoms with E-state index in [9.17, 15) is 5.26 Å². The van der Waals surface area contributed by atoms with Gasteiger partial charge in [-0.1, -0.05) is 30.1 Å². The second-order valence-corrected chi connectivity index (χ2v) is 7.80. The minimum Gasteiger partial charge on any atom is -0.495 e. The molecule has 0 saturated heterocycles. The van der Waals surface area contributed by atoms with Crippen LogP contribution in [0.1, 0.15) is 12.5 Å². The van der Waals surface area contributed by atoms with Crippen molar-refractivity contribution in [2.45, 2.75) is 11.8 Å². The summed E-state index contributed by atoms with van der Waals surface area (Å²) in [6.07, 6.45) is 1.52. The number of nitrogens with zero attached hydrogens (tertiary/aromatic N) is 2. The minimum absolute atomic E-state index is 0.385. The first-order chi connectivity index (χ1) is 13.5. The number of benzene rings is 2. The molecule has 3 aromatic rings. The third-order valence-electron chi connectivity index (χ3n) is 4.08.